The van der Waals surface area contributed by atoms with Crippen molar-refractivity contribution in [3.05, 3.63) is 48.3 Å². The van der Waals surface area contributed by atoms with Crippen LogP contribution in [0.1, 0.15) is 5.56 Å². The van der Waals surface area contributed by atoms with E-state index in [2.05, 4.69) is 9.97 Å². The number of carbonyl (C=O) groups is 1. The minimum absolute atomic E-state index is 0.262. The van der Waals surface area contributed by atoms with Gasteiger partial charge in [-0.2, -0.15) is 0 Å². The van der Waals surface area contributed by atoms with Crippen LogP contribution in [0.25, 0.3) is 0 Å². The fourth-order valence-corrected chi connectivity index (χ4v) is 2.39. The van der Waals surface area contributed by atoms with Crippen molar-refractivity contribution in [1.82, 2.24) is 9.97 Å². The van der Waals surface area contributed by atoms with Crippen LogP contribution in [0.3, 0.4) is 0 Å². The number of nitrogens with zero attached hydrogens (tertiary/aromatic N) is 3. The lowest BCUT2D eigenvalue weighted by molar-refractivity contribution is -0.118. The molecule has 0 atom stereocenters. The molecule has 4 nitrogen and oxygen atoms in total. The third-order valence-electron chi connectivity index (χ3n) is 2.71. The van der Waals surface area contributed by atoms with Gasteiger partial charge < -0.3 is 0 Å². The van der Waals surface area contributed by atoms with Gasteiger partial charge in [-0.25, -0.2) is 14.9 Å². The minimum atomic E-state index is -1.59. The molecule has 1 amide bonds. The number of rotatable bonds is 1. The molecule has 0 fully saturated rings. The molecule has 2 aromatic rings. The smallest absolute Gasteiger partial charge is 0.270 e. The second kappa shape index (κ2) is 3.93. The highest BCUT2D eigenvalue weighted by molar-refractivity contribution is 6.60. The van der Waals surface area contributed by atoms with E-state index in [0.29, 0.717) is 11.3 Å². The van der Waals surface area contributed by atoms with Crippen LogP contribution >= 0.6 is 23.2 Å². The summed E-state index contributed by atoms with van der Waals surface area (Å²) in [5, 5.41) is 0. The number of carbonyl (C=O) groups excluding carboxylic acids is 1. The highest BCUT2D eigenvalue weighted by Gasteiger charge is 2.49. The Morgan fingerprint density at radius 3 is 2.44 bits per heavy atom. The van der Waals surface area contributed by atoms with E-state index in [1.807, 2.05) is 0 Å². The molecule has 0 N–H and O–H groups in total. The quantitative estimate of drug-likeness (QED) is 0.754. The van der Waals surface area contributed by atoms with Gasteiger partial charge in [0.05, 0.1) is 5.69 Å². The van der Waals surface area contributed by atoms with Crippen molar-refractivity contribution in [3.63, 3.8) is 0 Å². The van der Waals surface area contributed by atoms with Gasteiger partial charge in [0.2, 0.25) is 10.3 Å². The average molecular weight is 280 g/mol. The number of aromatic nitrogens is 2. The standard InChI is InChI=1S/C12H7Cl2N3O/c13-12(14)8-4-1-2-5-9(8)17(10(12)18)11-15-6-3-7-16-11/h1-7H. The molecule has 0 radical (unpaired) electrons. The van der Waals surface area contributed by atoms with E-state index >= 15 is 0 Å². The number of alkyl halides is 2. The number of benzene rings is 1. The first kappa shape index (κ1) is 11.4. The van der Waals surface area contributed by atoms with Gasteiger partial charge in [0.25, 0.3) is 5.91 Å². The Bertz CT molecular complexity index is 616. The molecule has 1 aromatic carbocycles. The van der Waals surface area contributed by atoms with Crippen LogP contribution in [0.2, 0.25) is 0 Å². The Kier molecular flexibility index (Phi) is 2.50. The SMILES string of the molecule is O=C1N(c2ncccn2)c2ccccc2C1(Cl)Cl. The number of fused-ring (bicyclic) bond motifs is 1. The van der Waals surface area contributed by atoms with Crippen molar-refractivity contribution in [2.24, 2.45) is 0 Å². The highest BCUT2D eigenvalue weighted by Crippen LogP contribution is 2.49. The number of para-hydroxylation sites is 1. The van der Waals surface area contributed by atoms with Gasteiger partial charge in [0.1, 0.15) is 0 Å². The molecule has 1 aromatic heterocycles. The van der Waals surface area contributed by atoms with E-state index in [1.165, 1.54) is 4.90 Å². The summed E-state index contributed by atoms with van der Waals surface area (Å²) >= 11 is 12.2. The Balaban J connectivity index is 2.21. The molecular weight excluding hydrogens is 273 g/mol. The van der Waals surface area contributed by atoms with Crippen LogP contribution in [-0.2, 0) is 9.13 Å². The van der Waals surface area contributed by atoms with Crippen molar-refractivity contribution in [1.29, 1.82) is 0 Å². The van der Waals surface area contributed by atoms with Crippen LogP contribution in [0.4, 0.5) is 11.6 Å². The third kappa shape index (κ3) is 1.50. The van der Waals surface area contributed by atoms with Crippen molar-refractivity contribution in [2.75, 3.05) is 4.90 Å². The maximum Gasteiger partial charge on any atom is 0.275 e. The zero-order chi connectivity index (χ0) is 12.8. The number of hydrogen-bond acceptors (Lipinski definition) is 3. The molecule has 6 heteroatoms. The van der Waals surface area contributed by atoms with Crippen LogP contribution in [0.15, 0.2) is 42.7 Å². The lowest BCUT2D eigenvalue weighted by Gasteiger charge is -2.15. The molecule has 0 saturated heterocycles. The Hall–Kier alpha value is -1.65. The van der Waals surface area contributed by atoms with E-state index in [1.54, 1.807) is 42.7 Å². The van der Waals surface area contributed by atoms with Crippen LogP contribution in [0, 0.1) is 0 Å². The topological polar surface area (TPSA) is 46.1 Å². The predicted octanol–water partition coefficient (Wildman–Crippen LogP) is 2.79. The zero-order valence-electron chi connectivity index (χ0n) is 9.05. The fourth-order valence-electron chi connectivity index (χ4n) is 1.90. The van der Waals surface area contributed by atoms with Crippen molar-refractivity contribution in [3.8, 4) is 0 Å². The van der Waals surface area contributed by atoms with E-state index < -0.39 is 10.2 Å². The van der Waals surface area contributed by atoms with Gasteiger partial charge in [-0.3, -0.25) is 4.79 Å². The monoisotopic (exact) mass is 279 g/mol. The molecule has 2 heterocycles. The molecule has 3 rings (SSSR count). The van der Waals surface area contributed by atoms with E-state index in [9.17, 15) is 4.79 Å². The van der Waals surface area contributed by atoms with Gasteiger partial charge in [0, 0.05) is 18.0 Å². The molecule has 0 spiro atoms. The van der Waals surface area contributed by atoms with Crippen molar-refractivity contribution >= 4 is 40.7 Å². The highest BCUT2D eigenvalue weighted by atomic mass is 35.5. The van der Waals surface area contributed by atoms with Crippen LogP contribution in [-0.4, -0.2) is 15.9 Å². The molecule has 0 aliphatic carbocycles. The lowest BCUT2D eigenvalue weighted by atomic mass is 10.1. The summed E-state index contributed by atoms with van der Waals surface area (Å²) in [5.74, 6) is -0.198. The summed E-state index contributed by atoms with van der Waals surface area (Å²) in [5.41, 5.74) is 1.16. The number of anilines is 2. The van der Waals surface area contributed by atoms with Gasteiger partial charge >= 0.3 is 0 Å². The Morgan fingerprint density at radius 2 is 1.72 bits per heavy atom. The summed E-state index contributed by atoms with van der Waals surface area (Å²) < 4.78 is -1.59. The first-order chi connectivity index (χ1) is 8.62. The Labute approximate surface area is 113 Å². The van der Waals surface area contributed by atoms with E-state index in [4.69, 9.17) is 23.2 Å². The van der Waals surface area contributed by atoms with E-state index in [-0.39, 0.29) is 5.95 Å². The second-order valence-corrected chi connectivity index (χ2v) is 5.11. The molecule has 1 aliphatic heterocycles. The van der Waals surface area contributed by atoms with Crippen LogP contribution in [0.5, 0.6) is 0 Å². The van der Waals surface area contributed by atoms with Gasteiger partial charge in [0.15, 0.2) is 0 Å². The fraction of sp³-hybridized carbons (Fsp3) is 0.0833. The summed E-state index contributed by atoms with van der Waals surface area (Å²) in [4.78, 5) is 21.7. The first-order valence-corrected chi connectivity index (χ1v) is 5.97. The maximum absolute atomic E-state index is 12.3. The Morgan fingerprint density at radius 1 is 1.06 bits per heavy atom. The third-order valence-corrected chi connectivity index (χ3v) is 3.44. The predicted molar refractivity (Wildman–Crippen MR) is 69.0 cm³/mol. The molecule has 1 aliphatic rings. The molecular formula is C12H7Cl2N3O. The first-order valence-electron chi connectivity index (χ1n) is 5.21. The minimum Gasteiger partial charge on any atom is -0.270 e. The van der Waals surface area contributed by atoms with Gasteiger partial charge in [-0.1, -0.05) is 41.4 Å². The molecule has 0 saturated carbocycles. The summed E-state index contributed by atoms with van der Waals surface area (Å²) in [6, 6.07) is 8.73. The average Bonchev–Trinajstić information content (AvgIpc) is 2.60. The molecule has 0 bridgehead atoms. The van der Waals surface area contributed by atoms with Crippen LogP contribution < -0.4 is 4.90 Å². The van der Waals surface area contributed by atoms with Crippen molar-refractivity contribution < 1.29 is 4.79 Å². The summed E-state index contributed by atoms with van der Waals surface area (Å²) in [7, 11) is 0. The number of halogens is 2. The lowest BCUT2D eigenvalue weighted by Crippen LogP contribution is -2.30. The van der Waals surface area contributed by atoms with Gasteiger partial charge in [-0.15, -0.1) is 0 Å². The zero-order valence-corrected chi connectivity index (χ0v) is 10.6. The summed E-state index contributed by atoms with van der Waals surface area (Å²) in [6.45, 7) is 0. The second-order valence-electron chi connectivity index (χ2n) is 3.78. The maximum atomic E-state index is 12.3. The van der Waals surface area contributed by atoms with Gasteiger partial charge in [-0.05, 0) is 12.1 Å². The largest absolute Gasteiger partial charge is 0.275 e. The molecule has 18 heavy (non-hydrogen) atoms. The molecule has 90 valence electrons. The normalized spacial score (nSPS) is 16.8. The number of amides is 1. The number of hydrogen-bond donors (Lipinski definition) is 0. The summed E-state index contributed by atoms with van der Waals surface area (Å²) in [6.07, 6.45) is 3.11. The van der Waals surface area contributed by atoms with E-state index in [0.717, 1.165) is 0 Å². The molecule has 0 unspecified atom stereocenters. The van der Waals surface area contributed by atoms with Crippen molar-refractivity contribution in [2.45, 2.75) is 4.33 Å².